The first-order valence-electron chi connectivity index (χ1n) is 7.34. The van der Waals surface area contributed by atoms with Gasteiger partial charge in [-0.05, 0) is 30.3 Å². The molecule has 0 bridgehead atoms. The molecule has 0 aliphatic rings. The number of aliphatic hydroxyl groups is 1. The van der Waals surface area contributed by atoms with Gasteiger partial charge in [0.15, 0.2) is 11.5 Å². The quantitative estimate of drug-likeness (QED) is 0.701. The third-order valence-electron chi connectivity index (χ3n) is 3.72. The molecule has 1 heterocycles. The van der Waals surface area contributed by atoms with E-state index in [1.54, 1.807) is 50.7 Å². The topological polar surface area (TPSA) is 86.8 Å². The molecule has 2 aromatic carbocycles. The molecular weight excluding hydrogens is 308 g/mol. The Morgan fingerprint density at radius 3 is 2.46 bits per heavy atom. The fourth-order valence-corrected chi connectivity index (χ4v) is 2.45. The van der Waals surface area contributed by atoms with Crippen LogP contribution >= 0.6 is 0 Å². The number of benzene rings is 2. The van der Waals surface area contributed by atoms with Gasteiger partial charge in [0, 0.05) is 28.9 Å². The Kier molecular flexibility index (Phi) is 4.39. The lowest BCUT2D eigenvalue weighted by Gasteiger charge is -2.13. The fraction of sp³-hybridized carbons (Fsp3) is 0.167. The molecule has 0 aliphatic carbocycles. The molecule has 6 nitrogen and oxygen atoms in total. The van der Waals surface area contributed by atoms with Crippen LogP contribution in [0.25, 0.3) is 10.9 Å². The van der Waals surface area contributed by atoms with E-state index in [9.17, 15) is 5.11 Å². The molecule has 3 N–H and O–H groups in total. The van der Waals surface area contributed by atoms with Gasteiger partial charge in [0.05, 0.1) is 26.3 Å². The lowest BCUT2D eigenvalue weighted by molar-refractivity contribution is 0.282. The number of aliphatic hydroxyl groups excluding tert-OH is 1. The first-order chi connectivity index (χ1) is 11.7. The fourth-order valence-electron chi connectivity index (χ4n) is 2.45. The predicted octanol–water partition coefficient (Wildman–Crippen LogP) is 3.12. The third-order valence-corrected chi connectivity index (χ3v) is 3.72. The summed E-state index contributed by atoms with van der Waals surface area (Å²) < 4.78 is 16.6. The van der Waals surface area contributed by atoms with Crippen LogP contribution in [0.15, 0.2) is 42.6 Å². The van der Waals surface area contributed by atoms with E-state index >= 15 is 0 Å². The first-order valence-corrected chi connectivity index (χ1v) is 7.34. The van der Waals surface area contributed by atoms with Crippen molar-refractivity contribution in [3.8, 4) is 23.0 Å². The number of rotatable bonds is 5. The molecule has 3 rings (SSSR count). The molecule has 1 aromatic heterocycles. The second-order valence-electron chi connectivity index (χ2n) is 5.15. The largest absolute Gasteiger partial charge is 0.493 e. The average Bonchev–Trinajstić information content (AvgIpc) is 2.62. The van der Waals surface area contributed by atoms with Gasteiger partial charge in [-0.2, -0.15) is 0 Å². The van der Waals surface area contributed by atoms with Crippen LogP contribution in [-0.4, -0.2) is 24.3 Å². The molecule has 0 spiro atoms. The zero-order valence-corrected chi connectivity index (χ0v) is 13.4. The summed E-state index contributed by atoms with van der Waals surface area (Å²) >= 11 is 0. The van der Waals surface area contributed by atoms with E-state index < -0.39 is 0 Å². The minimum absolute atomic E-state index is 0.148. The SMILES string of the molecule is COc1cc2nccc(Oc3ccc(N)c(CO)c3)c2cc1OC. The normalized spacial score (nSPS) is 10.6. The number of ether oxygens (including phenoxy) is 3. The summed E-state index contributed by atoms with van der Waals surface area (Å²) in [6.07, 6.45) is 1.66. The minimum Gasteiger partial charge on any atom is -0.493 e. The van der Waals surface area contributed by atoms with E-state index in [2.05, 4.69) is 4.98 Å². The van der Waals surface area contributed by atoms with Gasteiger partial charge in [0.1, 0.15) is 11.5 Å². The van der Waals surface area contributed by atoms with Crippen LogP contribution in [0.1, 0.15) is 5.56 Å². The number of aromatic nitrogens is 1. The van der Waals surface area contributed by atoms with Crippen LogP contribution in [0.5, 0.6) is 23.0 Å². The smallest absolute Gasteiger partial charge is 0.162 e. The molecule has 3 aromatic rings. The van der Waals surface area contributed by atoms with Gasteiger partial charge in [-0.3, -0.25) is 4.98 Å². The number of anilines is 1. The zero-order chi connectivity index (χ0) is 17.1. The molecule has 0 aliphatic heterocycles. The molecule has 0 fully saturated rings. The maximum atomic E-state index is 9.33. The Bertz CT molecular complexity index is 880. The maximum absolute atomic E-state index is 9.33. The van der Waals surface area contributed by atoms with Gasteiger partial charge < -0.3 is 25.1 Å². The Labute approximate surface area is 139 Å². The highest BCUT2D eigenvalue weighted by Gasteiger charge is 2.11. The Hall–Kier alpha value is -2.99. The molecule has 6 heteroatoms. The predicted molar refractivity (Wildman–Crippen MR) is 91.7 cm³/mol. The Balaban J connectivity index is 2.06. The molecule has 24 heavy (non-hydrogen) atoms. The van der Waals surface area contributed by atoms with E-state index in [4.69, 9.17) is 19.9 Å². The van der Waals surface area contributed by atoms with E-state index in [1.165, 1.54) is 0 Å². The number of nitrogen functional groups attached to an aromatic ring is 1. The monoisotopic (exact) mass is 326 g/mol. The van der Waals surface area contributed by atoms with Gasteiger partial charge in [0.25, 0.3) is 0 Å². The van der Waals surface area contributed by atoms with Gasteiger partial charge in [-0.25, -0.2) is 0 Å². The standard InChI is InChI=1S/C18H18N2O4/c1-22-17-8-13-15(9-18(17)23-2)20-6-5-16(13)24-12-3-4-14(19)11(7-12)10-21/h3-9,21H,10,19H2,1-2H3. The van der Waals surface area contributed by atoms with Crippen molar-refractivity contribution < 1.29 is 19.3 Å². The Morgan fingerprint density at radius 2 is 1.75 bits per heavy atom. The number of nitrogens with zero attached hydrogens (tertiary/aromatic N) is 1. The number of fused-ring (bicyclic) bond motifs is 1. The second-order valence-corrected chi connectivity index (χ2v) is 5.15. The molecule has 0 saturated carbocycles. The van der Waals surface area contributed by atoms with E-state index in [0.29, 0.717) is 34.2 Å². The highest BCUT2D eigenvalue weighted by atomic mass is 16.5. The van der Waals surface area contributed by atoms with Crippen molar-refractivity contribution in [2.45, 2.75) is 6.61 Å². The van der Waals surface area contributed by atoms with Crippen LogP contribution < -0.4 is 19.9 Å². The summed E-state index contributed by atoms with van der Waals surface area (Å²) in [6, 6.07) is 10.5. The van der Waals surface area contributed by atoms with Crippen LogP contribution in [0.2, 0.25) is 0 Å². The van der Waals surface area contributed by atoms with Crippen LogP contribution in [0.3, 0.4) is 0 Å². The van der Waals surface area contributed by atoms with Gasteiger partial charge in [0.2, 0.25) is 0 Å². The number of nitrogens with two attached hydrogens (primary N) is 1. The van der Waals surface area contributed by atoms with Gasteiger partial charge in [-0.1, -0.05) is 0 Å². The average molecular weight is 326 g/mol. The van der Waals surface area contributed by atoms with Gasteiger partial charge >= 0.3 is 0 Å². The van der Waals surface area contributed by atoms with Gasteiger partial charge in [-0.15, -0.1) is 0 Å². The van der Waals surface area contributed by atoms with E-state index in [1.807, 2.05) is 6.07 Å². The maximum Gasteiger partial charge on any atom is 0.162 e. The van der Waals surface area contributed by atoms with Crippen LogP contribution in [0, 0.1) is 0 Å². The number of hydrogen-bond acceptors (Lipinski definition) is 6. The summed E-state index contributed by atoms with van der Waals surface area (Å²) in [4.78, 5) is 4.34. The molecule has 0 unspecified atom stereocenters. The third kappa shape index (κ3) is 2.91. The van der Waals surface area contributed by atoms with Crippen LogP contribution in [-0.2, 0) is 6.61 Å². The molecule has 124 valence electrons. The van der Waals surface area contributed by atoms with Crippen LogP contribution in [0.4, 0.5) is 5.69 Å². The van der Waals surface area contributed by atoms with E-state index in [0.717, 1.165) is 10.9 Å². The lowest BCUT2D eigenvalue weighted by atomic mass is 10.1. The van der Waals surface area contributed by atoms with Crippen molar-refractivity contribution in [2.75, 3.05) is 20.0 Å². The zero-order valence-electron chi connectivity index (χ0n) is 13.4. The van der Waals surface area contributed by atoms with Crippen molar-refractivity contribution in [1.29, 1.82) is 0 Å². The minimum atomic E-state index is -0.148. The number of pyridine rings is 1. The van der Waals surface area contributed by atoms with Crippen molar-refractivity contribution in [3.05, 3.63) is 48.2 Å². The molecule has 0 saturated heterocycles. The summed E-state index contributed by atoms with van der Waals surface area (Å²) in [5.74, 6) is 2.39. The number of methoxy groups -OCH3 is 2. The summed E-state index contributed by atoms with van der Waals surface area (Å²) in [6.45, 7) is -0.148. The van der Waals surface area contributed by atoms with E-state index in [-0.39, 0.29) is 6.61 Å². The lowest BCUT2D eigenvalue weighted by Crippen LogP contribution is -1.96. The van der Waals surface area contributed by atoms with Crippen molar-refractivity contribution in [1.82, 2.24) is 4.98 Å². The molecule has 0 amide bonds. The molecule has 0 radical (unpaired) electrons. The second kappa shape index (κ2) is 6.64. The van der Waals surface area contributed by atoms with Crippen molar-refractivity contribution in [3.63, 3.8) is 0 Å². The van der Waals surface area contributed by atoms with Crippen molar-refractivity contribution in [2.24, 2.45) is 0 Å². The summed E-state index contributed by atoms with van der Waals surface area (Å²) in [7, 11) is 3.16. The molecular formula is C18H18N2O4. The number of hydrogen-bond donors (Lipinski definition) is 2. The highest BCUT2D eigenvalue weighted by molar-refractivity contribution is 5.88. The first kappa shape index (κ1) is 15.9. The highest BCUT2D eigenvalue weighted by Crippen LogP contribution is 2.37. The summed E-state index contributed by atoms with van der Waals surface area (Å²) in [5.41, 5.74) is 7.66. The molecule has 0 atom stereocenters. The summed E-state index contributed by atoms with van der Waals surface area (Å²) in [5, 5.41) is 10.1. The van der Waals surface area contributed by atoms with Crippen molar-refractivity contribution >= 4 is 16.6 Å². The Morgan fingerprint density at radius 1 is 1.00 bits per heavy atom.